The summed E-state index contributed by atoms with van der Waals surface area (Å²) in [6.45, 7) is 5.31. The Morgan fingerprint density at radius 2 is 2.12 bits per heavy atom. The first-order chi connectivity index (χ1) is 7.86. The second-order valence-corrected chi connectivity index (χ2v) is 7.21. The van der Waals surface area contributed by atoms with Gasteiger partial charge in [0, 0.05) is 18.6 Å². The van der Waals surface area contributed by atoms with Crippen molar-refractivity contribution in [2.24, 2.45) is 0 Å². The van der Waals surface area contributed by atoms with Crippen molar-refractivity contribution in [3.63, 3.8) is 0 Å². The summed E-state index contributed by atoms with van der Waals surface area (Å²) >= 11 is 0. The molecule has 0 radical (unpaired) electrons. The first-order valence-electron chi connectivity index (χ1n) is 6.22. The van der Waals surface area contributed by atoms with Gasteiger partial charge in [-0.15, -0.1) is 0 Å². The predicted octanol–water partition coefficient (Wildman–Crippen LogP) is -0.00360. The van der Waals surface area contributed by atoms with E-state index in [0.717, 1.165) is 19.4 Å². The lowest BCUT2D eigenvalue weighted by Crippen LogP contribution is -2.50. The van der Waals surface area contributed by atoms with Crippen molar-refractivity contribution in [3.8, 4) is 0 Å². The topological polar surface area (TPSA) is 61.4 Å². The van der Waals surface area contributed by atoms with Gasteiger partial charge in [0.25, 0.3) is 0 Å². The van der Waals surface area contributed by atoms with E-state index in [0.29, 0.717) is 12.6 Å². The number of sulfonamides is 1. The molecule has 0 aromatic rings. The number of likely N-dealkylation sites (tertiary alicyclic amines) is 1. The summed E-state index contributed by atoms with van der Waals surface area (Å²) in [6.07, 6.45) is 1.79. The Labute approximate surface area is 105 Å². The van der Waals surface area contributed by atoms with Gasteiger partial charge in [-0.25, -0.2) is 13.1 Å². The molecule has 1 saturated heterocycles. The molecule has 0 aromatic heterocycles. The molecule has 1 aliphatic heterocycles. The summed E-state index contributed by atoms with van der Waals surface area (Å²) in [5.41, 5.74) is 0. The molecular formula is C11H25N3O2S. The van der Waals surface area contributed by atoms with Crippen LogP contribution < -0.4 is 10.0 Å². The van der Waals surface area contributed by atoms with Crippen LogP contribution in [0.25, 0.3) is 0 Å². The number of nitrogens with zero attached hydrogens (tertiary/aromatic N) is 1. The van der Waals surface area contributed by atoms with Gasteiger partial charge in [-0.05, 0) is 47.3 Å². The SMILES string of the molecule is CNCC(C)S(=O)(=O)NC1CCN(C)C(C)C1. The molecule has 17 heavy (non-hydrogen) atoms. The summed E-state index contributed by atoms with van der Waals surface area (Å²) in [4.78, 5) is 2.27. The van der Waals surface area contributed by atoms with Gasteiger partial charge >= 0.3 is 0 Å². The van der Waals surface area contributed by atoms with Gasteiger partial charge in [0.15, 0.2) is 0 Å². The second-order valence-electron chi connectivity index (χ2n) is 5.08. The summed E-state index contributed by atoms with van der Waals surface area (Å²) < 4.78 is 26.9. The van der Waals surface area contributed by atoms with Crippen molar-refractivity contribution in [1.82, 2.24) is 14.9 Å². The first-order valence-corrected chi connectivity index (χ1v) is 7.77. The van der Waals surface area contributed by atoms with Crippen LogP contribution in [0.4, 0.5) is 0 Å². The minimum atomic E-state index is -3.19. The standard InChI is InChI=1S/C11H25N3O2S/c1-9-7-11(5-6-14(9)4)13-17(15,16)10(2)8-12-3/h9-13H,5-8H2,1-4H3. The number of nitrogens with one attached hydrogen (secondary N) is 2. The largest absolute Gasteiger partial charge is 0.318 e. The molecule has 1 aliphatic rings. The normalized spacial score (nSPS) is 29.2. The Morgan fingerprint density at radius 3 is 2.65 bits per heavy atom. The summed E-state index contributed by atoms with van der Waals surface area (Å²) in [5, 5.41) is 2.51. The van der Waals surface area contributed by atoms with Crippen LogP contribution in [-0.2, 0) is 10.0 Å². The van der Waals surface area contributed by atoms with E-state index >= 15 is 0 Å². The molecule has 3 atom stereocenters. The van der Waals surface area contributed by atoms with Crippen LogP contribution in [0.5, 0.6) is 0 Å². The van der Waals surface area contributed by atoms with Crippen molar-refractivity contribution in [2.75, 3.05) is 27.2 Å². The zero-order chi connectivity index (χ0) is 13.1. The van der Waals surface area contributed by atoms with Gasteiger partial charge in [-0.3, -0.25) is 0 Å². The van der Waals surface area contributed by atoms with Gasteiger partial charge in [0.2, 0.25) is 10.0 Å². The lowest BCUT2D eigenvalue weighted by atomic mass is 10.0. The Kier molecular flexibility index (Phi) is 5.37. The van der Waals surface area contributed by atoms with Crippen molar-refractivity contribution < 1.29 is 8.42 Å². The van der Waals surface area contributed by atoms with Gasteiger partial charge in [0.1, 0.15) is 0 Å². The lowest BCUT2D eigenvalue weighted by Gasteiger charge is -2.35. The summed E-state index contributed by atoms with van der Waals surface area (Å²) in [5.74, 6) is 0. The molecule has 2 N–H and O–H groups in total. The quantitative estimate of drug-likeness (QED) is 0.733. The molecule has 6 heteroatoms. The maximum atomic E-state index is 12.0. The molecule has 0 bridgehead atoms. The average Bonchev–Trinajstić information content (AvgIpc) is 2.23. The van der Waals surface area contributed by atoms with E-state index in [1.807, 2.05) is 0 Å². The van der Waals surface area contributed by atoms with Crippen LogP contribution >= 0.6 is 0 Å². The Morgan fingerprint density at radius 1 is 1.47 bits per heavy atom. The molecule has 0 amide bonds. The highest BCUT2D eigenvalue weighted by molar-refractivity contribution is 7.90. The Bertz CT molecular complexity index is 332. The average molecular weight is 263 g/mol. The van der Waals surface area contributed by atoms with Crippen LogP contribution in [0.2, 0.25) is 0 Å². The minimum Gasteiger partial charge on any atom is -0.318 e. The van der Waals surface area contributed by atoms with Gasteiger partial charge in [-0.2, -0.15) is 0 Å². The van der Waals surface area contributed by atoms with Crippen LogP contribution in [-0.4, -0.2) is 57.8 Å². The van der Waals surface area contributed by atoms with Crippen LogP contribution in [0, 0.1) is 0 Å². The van der Waals surface area contributed by atoms with Crippen molar-refractivity contribution in [3.05, 3.63) is 0 Å². The number of piperidine rings is 1. The molecule has 0 saturated carbocycles. The predicted molar refractivity (Wildman–Crippen MR) is 70.6 cm³/mol. The molecule has 5 nitrogen and oxygen atoms in total. The third kappa shape index (κ3) is 4.21. The highest BCUT2D eigenvalue weighted by Gasteiger charge is 2.28. The molecule has 0 spiro atoms. The van der Waals surface area contributed by atoms with E-state index in [9.17, 15) is 8.42 Å². The molecule has 0 aliphatic carbocycles. The van der Waals surface area contributed by atoms with E-state index < -0.39 is 10.0 Å². The highest BCUT2D eigenvalue weighted by atomic mass is 32.2. The van der Waals surface area contributed by atoms with E-state index in [4.69, 9.17) is 0 Å². The molecule has 1 rings (SSSR count). The maximum absolute atomic E-state index is 12.0. The molecule has 1 heterocycles. The van der Waals surface area contributed by atoms with Gasteiger partial charge in [0.05, 0.1) is 5.25 Å². The Hall–Kier alpha value is -0.170. The Balaban J connectivity index is 2.54. The monoisotopic (exact) mass is 263 g/mol. The van der Waals surface area contributed by atoms with Crippen LogP contribution in [0.1, 0.15) is 26.7 Å². The number of rotatable bonds is 5. The molecule has 102 valence electrons. The maximum Gasteiger partial charge on any atom is 0.215 e. The number of hydrogen-bond acceptors (Lipinski definition) is 4. The van der Waals surface area contributed by atoms with Crippen molar-refractivity contribution >= 4 is 10.0 Å². The minimum absolute atomic E-state index is 0.0884. The lowest BCUT2D eigenvalue weighted by molar-refractivity contribution is 0.178. The first kappa shape index (κ1) is 14.9. The number of hydrogen-bond donors (Lipinski definition) is 2. The fourth-order valence-electron chi connectivity index (χ4n) is 2.14. The zero-order valence-corrected chi connectivity index (χ0v) is 12.0. The summed E-state index contributed by atoms with van der Waals surface area (Å²) in [6, 6.07) is 0.529. The summed E-state index contributed by atoms with van der Waals surface area (Å²) in [7, 11) is 0.656. The second kappa shape index (κ2) is 6.13. The molecular weight excluding hydrogens is 238 g/mol. The molecule has 1 fully saturated rings. The van der Waals surface area contributed by atoms with Crippen LogP contribution in [0.15, 0.2) is 0 Å². The fraction of sp³-hybridized carbons (Fsp3) is 1.00. The highest BCUT2D eigenvalue weighted by Crippen LogP contribution is 2.16. The van der Waals surface area contributed by atoms with Gasteiger partial charge in [-0.1, -0.05) is 0 Å². The van der Waals surface area contributed by atoms with Crippen molar-refractivity contribution in [2.45, 2.75) is 44.0 Å². The third-order valence-corrected chi connectivity index (χ3v) is 5.45. The van der Waals surface area contributed by atoms with E-state index in [-0.39, 0.29) is 11.3 Å². The zero-order valence-electron chi connectivity index (χ0n) is 11.2. The molecule has 0 aromatic carbocycles. The van der Waals surface area contributed by atoms with E-state index in [2.05, 4.69) is 28.9 Å². The van der Waals surface area contributed by atoms with E-state index in [1.54, 1.807) is 14.0 Å². The smallest absolute Gasteiger partial charge is 0.215 e. The van der Waals surface area contributed by atoms with Crippen LogP contribution in [0.3, 0.4) is 0 Å². The fourth-order valence-corrected chi connectivity index (χ4v) is 3.44. The van der Waals surface area contributed by atoms with Crippen molar-refractivity contribution in [1.29, 1.82) is 0 Å². The van der Waals surface area contributed by atoms with E-state index in [1.165, 1.54) is 0 Å². The molecule has 3 unspecified atom stereocenters. The third-order valence-electron chi connectivity index (χ3n) is 3.56. The van der Waals surface area contributed by atoms with Gasteiger partial charge < -0.3 is 10.2 Å².